The number of halogens is 3. The van der Waals surface area contributed by atoms with Crippen molar-refractivity contribution in [2.45, 2.75) is 6.18 Å². The summed E-state index contributed by atoms with van der Waals surface area (Å²) in [4.78, 5) is 2.96. The van der Waals surface area contributed by atoms with Gasteiger partial charge in [0.05, 0.1) is 17.0 Å². The van der Waals surface area contributed by atoms with Gasteiger partial charge in [-0.3, -0.25) is 4.68 Å². The van der Waals surface area contributed by atoms with Crippen molar-refractivity contribution in [3.8, 4) is 11.4 Å². The minimum absolute atomic E-state index is 0.358. The van der Waals surface area contributed by atoms with E-state index in [4.69, 9.17) is 5.73 Å². The number of aryl methyl sites for hydroxylation is 1. The maximum Gasteiger partial charge on any atom is 0.416 e. The van der Waals surface area contributed by atoms with Gasteiger partial charge in [-0.1, -0.05) is 6.07 Å². The summed E-state index contributed by atoms with van der Waals surface area (Å²) in [5, 5.41) is 4.71. The van der Waals surface area contributed by atoms with Crippen LogP contribution < -0.4 is 5.73 Å². The van der Waals surface area contributed by atoms with E-state index < -0.39 is 11.7 Å². The standard InChI is InChI=1S/C13H11F3N4/c1-20-11(6-12(17)19-20)10-4-7-2-3-8(13(14,15)16)5-9(7)18-10/h2-6,18H,1H3,(H2,17,19). The quantitative estimate of drug-likeness (QED) is 0.719. The SMILES string of the molecule is Cn1nc(N)cc1-c1cc2ccc(C(F)(F)F)cc2[nH]1. The Kier molecular flexibility index (Phi) is 2.53. The summed E-state index contributed by atoms with van der Waals surface area (Å²) in [7, 11) is 1.72. The van der Waals surface area contributed by atoms with Crippen molar-refractivity contribution in [2.75, 3.05) is 5.73 Å². The largest absolute Gasteiger partial charge is 0.416 e. The van der Waals surface area contributed by atoms with E-state index >= 15 is 0 Å². The van der Waals surface area contributed by atoms with E-state index in [0.29, 0.717) is 28.1 Å². The molecule has 1 aromatic carbocycles. The van der Waals surface area contributed by atoms with Crippen molar-refractivity contribution >= 4 is 16.7 Å². The third-order valence-corrected chi connectivity index (χ3v) is 3.12. The summed E-state index contributed by atoms with van der Waals surface area (Å²) in [6.07, 6.45) is -4.35. The topological polar surface area (TPSA) is 59.6 Å². The van der Waals surface area contributed by atoms with Crippen LogP contribution in [0.3, 0.4) is 0 Å². The Morgan fingerprint density at radius 2 is 1.95 bits per heavy atom. The van der Waals surface area contributed by atoms with Crippen LogP contribution in [0.2, 0.25) is 0 Å². The Labute approximate surface area is 112 Å². The van der Waals surface area contributed by atoms with Crippen molar-refractivity contribution in [3.63, 3.8) is 0 Å². The molecular weight excluding hydrogens is 269 g/mol. The third kappa shape index (κ3) is 2.01. The number of H-pyrrole nitrogens is 1. The number of rotatable bonds is 1. The second-order valence-corrected chi connectivity index (χ2v) is 4.56. The van der Waals surface area contributed by atoms with E-state index in [9.17, 15) is 13.2 Å². The van der Waals surface area contributed by atoms with Crippen molar-refractivity contribution < 1.29 is 13.2 Å². The normalized spacial score (nSPS) is 12.2. The van der Waals surface area contributed by atoms with Gasteiger partial charge >= 0.3 is 6.18 Å². The van der Waals surface area contributed by atoms with E-state index in [1.807, 2.05) is 0 Å². The van der Waals surface area contributed by atoms with Crippen LogP contribution in [0.4, 0.5) is 19.0 Å². The highest BCUT2D eigenvalue weighted by Gasteiger charge is 2.30. The lowest BCUT2D eigenvalue weighted by atomic mass is 10.1. The Hall–Kier alpha value is -2.44. The first-order valence-electron chi connectivity index (χ1n) is 5.84. The fourth-order valence-corrected chi connectivity index (χ4v) is 2.18. The van der Waals surface area contributed by atoms with Gasteiger partial charge in [0, 0.05) is 24.0 Å². The maximum absolute atomic E-state index is 12.7. The average Bonchev–Trinajstić information content (AvgIpc) is 2.89. The van der Waals surface area contributed by atoms with Crippen LogP contribution >= 0.6 is 0 Å². The second-order valence-electron chi connectivity index (χ2n) is 4.56. The fraction of sp³-hybridized carbons (Fsp3) is 0.154. The van der Waals surface area contributed by atoms with E-state index in [-0.39, 0.29) is 0 Å². The molecule has 0 atom stereocenters. The zero-order valence-electron chi connectivity index (χ0n) is 10.5. The average molecular weight is 280 g/mol. The highest BCUT2D eigenvalue weighted by atomic mass is 19.4. The maximum atomic E-state index is 12.7. The summed E-state index contributed by atoms with van der Waals surface area (Å²) < 4.78 is 39.6. The number of aromatic nitrogens is 3. The van der Waals surface area contributed by atoms with Gasteiger partial charge in [-0.25, -0.2) is 0 Å². The van der Waals surface area contributed by atoms with Crippen LogP contribution in [0.1, 0.15) is 5.56 Å². The first-order chi connectivity index (χ1) is 9.34. The number of alkyl halides is 3. The Morgan fingerprint density at radius 3 is 2.55 bits per heavy atom. The molecule has 0 bridgehead atoms. The molecule has 0 radical (unpaired) electrons. The molecule has 3 N–H and O–H groups in total. The van der Waals surface area contributed by atoms with Gasteiger partial charge in [0.25, 0.3) is 0 Å². The van der Waals surface area contributed by atoms with E-state index in [1.54, 1.807) is 23.9 Å². The van der Waals surface area contributed by atoms with Crippen LogP contribution in [-0.4, -0.2) is 14.8 Å². The molecule has 0 fully saturated rings. The molecule has 2 aromatic heterocycles. The van der Waals surface area contributed by atoms with Crippen molar-refractivity contribution in [1.29, 1.82) is 0 Å². The molecule has 0 aliphatic rings. The minimum Gasteiger partial charge on any atom is -0.382 e. The highest BCUT2D eigenvalue weighted by molar-refractivity contribution is 5.86. The molecule has 20 heavy (non-hydrogen) atoms. The summed E-state index contributed by atoms with van der Waals surface area (Å²) in [6.45, 7) is 0. The lowest BCUT2D eigenvalue weighted by Gasteiger charge is -2.05. The lowest BCUT2D eigenvalue weighted by molar-refractivity contribution is -0.137. The number of hydrogen-bond acceptors (Lipinski definition) is 2. The number of anilines is 1. The number of hydrogen-bond donors (Lipinski definition) is 2. The number of nitrogens with zero attached hydrogens (tertiary/aromatic N) is 2. The molecule has 0 saturated carbocycles. The second kappa shape index (κ2) is 4.03. The number of aromatic amines is 1. The molecule has 2 heterocycles. The summed E-state index contributed by atoms with van der Waals surface area (Å²) >= 11 is 0. The molecule has 3 aromatic rings. The molecule has 3 rings (SSSR count). The smallest absolute Gasteiger partial charge is 0.382 e. The van der Waals surface area contributed by atoms with Crippen LogP contribution in [0.15, 0.2) is 30.3 Å². The van der Waals surface area contributed by atoms with Crippen LogP contribution in [-0.2, 0) is 13.2 Å². The Balaban J connectivity index is 2.14. The number of nitrogens with two attached hydrogens (primary N) is 1. The summed E-state index contributed by atoms with van der Waals surface area (Å²) in [5.74, 6) is 0.358. The molecular formula is C13H11F3N4. The number of nitrogen functional groups attached to an aromatic ring is 1. The van der Waals surface area contributed by atoms with Gasteiger partial charge < -0.3 is 10.7 Å². The predicted octanol–water partition coefficient (Wildman–Crippen LogP) is 3.17. The van der Waals surface area contributed by atoms with Gasteiger partial charge in [0.1, 0.15) is 5.82 Å². The summed E-state index contributed by atoms with van der Waals surface area (Å²) in [6, 6.07) is 7.04. The highest BCUT2D eigenvalue weighted by Crippen LogP contribution is 2.32. The van der Waals surface area contributed by atoms with Crippen LogP contribution in [0.25, 0.3) is 22.3 Å². The van der Waals surface area contributed by atoms with E-state index in [0.717, 1.165) is 12.1 Å². The molecule has 104 valence electrons. The Bertz CT molecular complexity index is 783. The van der Waals surface area contributed by atoms with Gasteiger partial charge in [-0.05, 0) is 18.2 Å². The van der Waals surface area contributed by atoms with Crippen molar-refractivity contribution in [2.24, 2.45) is 7.05 Å². The van der Waals surface area contributed by atoms with Gasteiger partial charge in [-0.2, -0.15) is 18.3 Å². The fourth-order valence-electron chi connectivity index (χ4n) is 2.18. The number of nitrogens with one attached hydrogen (secondary N) is 1. The van der Waals surface area contributed by atoms with Crippen molar-refractivity contribution in [3.05, 3.63) is 35.9 Å². The molecule has 4 nitrogen and oxygen atoms in total. The zero-order chi connectivity index (χ0) is 14.5. The first kappa shape index (κ1) is 12.6. The summed E-state index contributed by atoms with van der Waals surface area (Å²) in [5.41, 5.74) is 6.73. The number of fused-ring (bicyclic) bond motifs is 1. The molecule has 7 heteroatoms. The molecule has 0 spiro atoms. The van der Waals surface area contributed by atoms with E-state index in [1.165, 1.54) is 6.07 Å². The van der Waals surface area contributed by atoms with Crippen LogP contribution in [0, 0.1) is 0 Å². The Morgan fingerprint density at radius 1 is 1.20 bits per heavy atom. The van der Waals surface area contributed by atoms with E-state index in [2.05, 4.69) is 10.1 Å². The van der Waals surface area contributed by atoms with Crippen molar-refractivity contribution in [1.82, 2.24) is 14.8 Å². The van der Waals surface area contributed by atoms with Gasteiger partial charge in [-0.15, -0.1) is 0 Å². The predicted molar refractivity (Wildman–Crippen MR) is 69.9 cm³/mol. The molecule has 0 unspecified atom stereocenters. The third-order valence-electron chi connectivity index (χ3n) is 3.12. The van der Waals surface area contributed by atoms with Gasteiger partial charge in [0.2, 0.25) is 0 Å². The molecule has 0 aliphatic heterocycles. The first-order valence-corrected chi connectivity index (χ1v) is 5.84. The number of benzene rings is 1. The van der Waals surface area contributed by atoms with Crippen LogP contribution in [0.5, 0.6) is 0 Å². The lowest BCUT2D eigenvalue weighted by Crippen LogP contribution is -2.03. The molecule has 0 aliphatic carbocycles. The zero-order valence-corrected chi connectivity index (χ0v) is 10.5. The monoisotopic (exact) mass is 280 g/mol. The minimum atomic E-state index is -4.35. The molecule has 0 amide bonds. The molecule has 0 saturated heterocycles. The van der Waals surface area contributed by atoms with Gasteiger partial charge in [0.15, 0.2) is 0 Å².